The lowest BCUT2D eigenvalue weighted by Crippen LogP contribution is -2.36. The Morgan fingerprint density at radius 2 is 1.61 bits per heavy atom. The Balaban J connectivity index is 1.66. The van der Waals surface area contributed by atoms with Crippen LogP contribution in [0.4, 0.5) is 5.82 Å². The van der Waals surface area contributed by atoms with E-state index in [1.165, 1.54) is 5.56 Å². The average Bonchev–Trinajstić information content (AvgIpc) is 2.73. The number of anilines is 1. The summed E-state index contributed by atoms with van der Waals surface area (Å²) in [7, 11) is 0. The highest BCUT2D eigenvalue weighted by Crippen LogP contribution is 2.15. The van der Waals surface area contributed by atoms with Crippen LogP contribution in [0.5, 0.6) is 0 Å². The molecule has 0 spiro atoms. The number of rotatable bonds is 8. The summed E-state index contributed by atoms with van der Waals surface area (Å²) in [5, 5.41) is 3.32. The first-order valence-electron chi connectivity index (χ1n) is 9.72. The molecule has 0 fully saturated rings. The normalized spacial score (nSPS) is 10.7. The van der Waals surface area contributed by atoms with E-state index in [1.54, 1.807) is 12.3 Å². The Bertz CT molecular complexity index is 879. The van der Waals surface area contributed by atoms with Gasteiger partial charge < -0.3 is 10.2 Å². The van der Waals surface area contributed by atoms with Crippen molar-refractivity contribution in [1.29, 1.82) is 0 Å². The molecule has 0 atom stereocenters. The summed E-state index contributed by atoms with van der Waals surface area (Å²) in [5.41, 5.74) is 3.05. The van der Waals surface area contributed by atoms with Crippen LogP contribution < -0.4 is 5.32 Å². The first-order valence-corrected chi connectivity index (χ1v) is 9.72. The van der Waals surface area contributed by atoms with Crippen molar-refractivity contribution < 1.29 is 4.79 Å². The standard InChI is InChI=1S/C24H27N3O/c1-19(2)27(18-21-11-7-4-8-12-21)24(28)22-14-16-26-23(17-22)25-15-13-20-9-5-3-6-10-20/h3-12,14,16-17,19H,13,15,18H2,1-2H3,(H,25,26). The lowest BCUT2D eigenvalue weighted by Gasteiger charge is -2.27. The fourth-order valence-electron chi connectivity index (χ4n) is 3.07. The molecule has 1 heterocycles. The van der Waals surface area contributed by atoms with Crippen molar-refractivity contribution >= 4 is 11.7 Å². The minimum absolute atomic E-state index is 0.0207. The molecule has 1 amide bonds. The van der Waals surface area contributed by atoms with Gasteiger partial charge in [-0.15, -0.1) is 0 Å². The predicted molar refractivity (Wildman–Crippen MR) is 114 cm³/mol. The number of nitrogens with zero attached hydrogens (tertiary/aromatic N) is 2. The molecular weight excluding hydrogens is 346 g/mol. The summed E-state index contributed by atoms with van der Waals surface area (Å²) in [6, 6.07) is 24.1. The number of hydrogen-bond acceptors (Lipinski definition) is 3. The van der Waals surface area contributed by atoms with Crippen LogP contribution in [0.15, 0.2) is 79.0 Å². The predicted octanol–water partition coefficient (Wildman–Crippen LogP) is 4.79. The number of carbonyl (C=O) groups excluding carboxylic acids is 1. The zero-order chi connectivity index (χ0) is 19.8. The molecule has 0 aliphatic heterocycles. The van der Waals surface area contributed by atoms with Gasteiger partial charge in [-0.05, 0) is 43.5 Å². The maximum absolute atomic E-state index is 13.1. The number of amides is 1. The van der Waals surface area contributed by atoms with Crippen LogP contribution in [0.3, 0.4) is 0 Å². The highest BCUT2D eigenvalue weighted by Gasteiger charge is 2.19. The molecule has 0 aliphatic rings. The van der Waals surface area contributed by atoms with Crippen LogP contribution in [0, 0.1) is 0 Å². The second kappa shape index (κ2) is 9.70. The minimum atomic E-state index is 0.0207. The van der Waals surface area contributed by atoms with Crippen molar-refractivity contribution in [2.45, 2.75) is 32.9 Å². The second-order valence-electron chi connectivity index (χ2n) is 7.10. The Hall–Kier alpha value is -3.14. The van der Waals surface area contributed by atoms with Crippen molar-refractivity contribution in [1.82, 2.24) is 9.88 Å². The molecule has 0 radical (unpaired) electrons. The molecule has 0 saturated heterocycles. The summed E-state index contributed by atoms with van der Waals surface area (Å²) in [6.45, 7) is 5.45. The average molecular weight is 374 g/mol. The molecule has 0 bridgehead atoms. The van der Waals surface area contributed by atoms with E-state index >= 15 is 0 Å². The van der Waals surface area contributed by atoms with Gasteiger partial charge in [0.25, 0.3) is 5.91 Å². The Morgan fingerprint density at radius 3 is 2.25 bits per heavy atom. The first-order chi connectivity index (χ1) is 13.6. The van der Waals surface area contributed by atoms with Gasteiger partial charge in [-0.3, -0.25) is 4.79 Å². The number of nitrogens with one attached hydrogen (secondary N) is 1. The molecule has 144 valence electrons. The Morgan fingerprint density at radius 1 is 0.964 bits per heavy atom. The molecule has 1 aromatic heterocycles. The number of hydrogen-bond donors (Lipinski definition) is 1. The van der Waals surface area contributed by atoms with Crippen molar-refractivity contribution in [2.24, 2.45) is 0 Å². The molecule has 28 heavy (non-hydrogen) atoms. The number of carbonyl (C=O) groups is 1. The van der Waals surface area contributed by atoms with E-state index in [4.69, 9.17) is 0 Å². The van der Waals surface area contributed by atoms with E-state index < -0.39 is 0 Å². The van der Waals surface area contributed by atoms with Gasteiger partial charge in [0.05, 0.1) is 0 Å². The maximum Gasteiger partial charge on any atom is 0.254 e. The SMILES string of the molecule is CC(C)N(Cc1ccccc1)C(=O)c1ccnc(NCCc2ccccc2)c1. The van der Waals surface area contributed by atoms with Crippen LogP contribution in [-0.2, 0) is 13.0 Å². The smallest absolute Gasteiger partial charge is 0.254 e. The van der Waals surface area contributed by atoms with Gasteiger partial charge in [-0.1, -0.05) is 60.7 Å². The lowest BCUT2D eigenvalue weighted by atomic mass is 10.1. The van der Waals surface area contributed by atoms with E-state index in [0.717, 1.165) is 24.3 Å². The topological polar surface area (TPSA) is 45.2 Å². The van der Waals surface area contributed by atoms with Crippen LogP contribution in [-0.4, -0.2) is 28.4 Å². The van der Waals surface area contributed by atoms with Gasteiger partial charge in [0.15, 0.2) is 0 Å². The summed E-state index contributed by atoms with van der Waals surface area (Å²) in [6.07, 6.45) is 2.60. The largest absolute Gasteiger partial charge is 0.370 e. The van der Waals surface area contributed by atoms with Crippen molar-refractivity contribution in [3.05, 3.63) is 95.7 Å². The van der Waals surface area contributed by atoms with E-state index in [1.807, 2.05) is 73.3 Å². The monoisotopic (exact) mass is 373 g/mol. The Labute approximate surface area is 167 Å². The molecule has 3 rings (SSSR count). The van der Waals surface area contributed by atoms with E-state index in [-0.39, 0.29) is 11.9 Å². The quantitative estimate of drug-likeness (QED) is 0.618. The van der Waals surface area contributed by atoms with Crippen molar-refractivity contribution in [3.63, 3.8) is 0 Å². The fourth-order valence-corrected chi connectivity index (χ4v) is 3.07. The fraction of sp³-hybridized carbons (Fsp3) is 0.250. The first kappa shape index (κ1) is 19.6. The summed E-state index contributed by atoms with van der Waals surface area (Å²) < 4.78 is 0. The molecule has 0 unspecified atom stereocenters. The minimum Gasteiger partial charge on any atom is -0.370 e. The number of benzene rings is 2. The van der Waals surface area contributed by atoms with Gasteiger partial charge in [-0.2, -0.15) is 0 Å². The van der Waals surface area contributed by atoms with Crippen molar-refractivity contribution in [3.8, 4) is 0 Å². The molecule has 4 heteroatoms. The maximum atomic E-state index is 13.1. The molecular formula is C24H27N3O. The summed E-state index contributed by atoms with van der Waals surface area (Å²) >= 11 is 0. The van der Waals surface area contributed by atoms with Gasteiger partial charge in [0.2, 0.25) is 0 Å². The second-order valence-corrected chi connectivity index (χ2v) is 7.10. The third-order valence-corrected chi connectivity index (χ3v) is 4.65. The van der Waals surface area contributed by atoms with Crippen LogP contribution >= 0.6 is 0 Å². The zero-order valence-corrected chi connectivity index (χ0v) is 16.5. The van der Waals surface area contributed by atoms with Gasteiger partial charge >= 0.3 is 0 Å². The molecule has 0 saturated carbocycles. The Kier molecular flexibility index (Phi) is 6.79. The summed E-state index contributed by atoms with van der Waals surface area (Å²) in [5.74, 6) is 0.748. The van der Waals surface area contributed by atoms with Gasteiger partial charge in [0, 0.05) is 30.9 Å². The van der Waals surface area contributed by atoms with Gasteiger partial charge in [-0.25, -0.2) is 4.98 Å². The van der Waals surface area contributed by atoms with E-state index in [9.17, 15) is 4.79 Å². The highest BCUT2D eigenvalue weighted by atomic mass is 16.2. The third kappa shape index (κ3) is 5.43. The highest BCUT2D eigenvalue weighted by molar-refractivity contribution is 5.95. The molecule has 1 N–H and O–H groups in total. The molecule has 3 aromatic rings. The van der Waals surface area contributed by atoms with Gasteiger partial charge in [0.1, 0.15) is 5.82 Å². The van der Waals surface area contributed by atoms with E-state index in [2.05, 4.69) is 22.4 Å². The van der Waals surface area contributed by atoms with Crippen molar-refractivity contribution in [2.75, 3.05) is 11.9 Å². The molecule has 0 aliphatic carbocycles. The van der Waals surface area contributed by atoms with Crippen LogP contribution in [0.25, 0.3) is 0 Å². The van der Waals surface area contributed by atoms with E-state index in [0.29, 0.717) is 12.1 Å². The molecule has 4 nitrogen and oxygen atoms in total. The van der Waals surface area contributed by atoms with Crippen LogP contribution in [0.2, 0.25) is 0 Å². The summed E-state index contributed by atoms with van der Waals surface area (Å²) in [4.78, 5) is 19.4. The zero-order valence-electron chi connectivity index (χ0n) is 16.5. The third-order valence-electron chi connectivity index (χ3n) is 4.65. The lowest BCUT2D eigenvalue weighted by molar-refractivity contribution is 0.0690. The number of aromatic nitrogens is 1. The molecule has 2 aromatic carbocycles. The van der Waals surface area contributed by atoms with Crippen LogP contribution in [0.1, 0.15) is 35.3 Å². The number of pyridine rings is 1.